The number of carbonyl (C=O) groups is 1. The highest BCUT2D eigenvalue weighted by molar-refractivity contribution is 7.85. The van der Waals surface area contributed by atoms with E-state index in [9.17, 15) is 13.4 Å². The molecule has 0 radical (unpaired) electrons. The highest BCUT2D eigenvalue weighted by atomic mass is 32.2. The molecule has 0 saturated carbocycles. The van der Waals surface area contributed by atoms with Crippen molar-refractivity contribution in [2.24, 2.45) is 0 Å². The lowest BCUT2D eigenvalue weighted by Crippen LogP contribution is -2.13. The maximum Gasteiger partial charge on any atom is 0.175 e. The van der Waals surface area contributed by atoms with E-state index in [4.69, 9.17) is 0 Å². The second-order valence-corrected chi connectivity index (χ2v) is 5.58. The molecule has 0 fully saturated rings. The molecule has 2 aromatic carbocycles. The lowest BCUT2D eigenvalue weighted by molar-refractivity contribution is 0.102. The van der Waals surface area contributed by atoms with E-state index in [1.165, 1.54) is 18.2 Å². The van der Waals surface area contributed by atoms with Crippen molar-refractivity contribution < 1.29 is 13.4 Å². The molecular formula is C15H13FO2S. The largest absolute Gasteiger partial charge is 0.293 e. The van der Waals surface area contributed by atoms with Gasteiger partial charge in [-0.1, -0.05) is 36.4 Å². The van der Waals surface area contributed by atoms with Gasteiger partial charge in [-0.05, 0) is 24.6 Å². The second kappa shape index (κ2) is 5.89. The normalized spacial score (nSPS) is 12.1. The zero-order valence-electron chi connectivity index (χ0n) is 10.4. The number of hydrogen-bond donors (Lipinski definition) is 0. The highest BCUT2D eigenvalue weighted by Crippen LogP contribution is 2.14. The van der Waals surface area contributed by atoms with Gasteiger partial charge in [0.25, 0.3) is 0 Å². The van der Waals surface area contributed by atoms with E-state index in [0.29, 0.717) is 5.56 Å². The molecule has 0 amide bonds. The molecule has 1 unspecified atom stereocenters. The molecule has 0 aliphatic carbocycles. The summed E-state index contributed by atoms with van der Waals surface area (Å²) in [6.45, 7) is 1.82. The summed E-state index contributed by atoms with van der Waals surface area (Å²) >= 11 is 0. The Kier molecular flexibility index (Phi) is 4.22. The molecule has 4 heteroatoms. The number of hydrogen-bond acceptors (Lipinski definition) is 2. The van der Waals surface area contributed by atoms with Gasteiger partial charge in [0.1, 0.15) is 5.82 Å². The molecular weight excluding hydrogens is 263 g/mol. The Morgan fingerprint density at radius 3 is 2.42 bits per heavy atom. The Bertz CT molecular complexity index is 582. The molecule has 0 aliphatic rings. The molecule has 0 aliphatic heterocycles. The van der Waals surface area contributed by atoms with E-state index >= 15 is 0 Å². The quantitative estimate of drug-likeness (QED) is 0.804. The smallest absolute Gasteiger partial charge is 0.175 e. The maximum atomic E-state index is 13.5. The SMILES string of the molecule is Cc1ccccc1C(=O)CS(=O)c1ccccc1F. The maximum absolute atomic E-state index is 13.5. The molecule has 0 saturated heterocycles. The van der Waals surface area contributed by atoms with Crippen LogP contribution >= 0.6 is 0 Å². The van der Waals surface area contributed by atoms with Crippen molar-refractivity contribution in [1.82, 2.24) is 0 Å². The van der Waals surface area contributed by atoms with Gasteiger partial charge in [-0.25, -0.2) is 4.39 Å². The minimum atomic E-state index is -1.66. The Morgan fingerprint density at radius 1 is 1.11 bits per heavy atom. The number of rotatable bonds is 4. The number of carbonyl (C=O) groups excluding carboxylic acids is 1. The molecule has 0 aromatic heterocycles. The van der Waals surface area contributed by atoms with Gasteiger partial charge >= 0.3 is 0 Å². The number of Topliss-reactive ketones (excluding diaryl/α,β-unsaturated/α-hetero) is 1. The van der Waals surface area contributed by atoms with Gasteiger partial charge < -0.3 is 0 Å². The first-order valence-electron chi connectivity index (χ1n) is 5.81. The van der Waals surface area contributed by atoms with Crippen molar-refractivity contribution in [2.75, 3.05) is 5.75 Å². The predicted molar refractivity (Wildman–Crippen MR) is 73.2 cm³/mol. The van der Waals surface area contributed by atoms with Gasteiger partial charge in [0.2, 0.25) is 0 Å². The molecule has 98 valence electrons. The summed E-state index contributed by atoms with van der Waals surface area (Å²) in [5.74, 6) is -0.982. The number of halogens is 1. The predicted octanol–water partition coefficient (Wildman–Crippen LogP) is 3.12. The summed E-state index contributed by atoms with van der Waals surface area (Å²) in [7, 11) is -1.66. The fraction of sp³-hybridized carbons (Fsp3) is 0.133. The van der Waals surface area contributed by atoms with Crippen LogP contribution in [-0.4, -0.2) is 15.7 Å². The van der Waals surface area contributed by atoms with E-state index in [-0.39, 0.29) is 16.4 Å². The Labute approximate surface area is 113 Å². The molecule has 0 heterocycles. The molecule has 19 heavy (non-hydrogen) atoms. The van der Waals surface area contributed by atoms with Gasteiger partial charge in [0, 0.05) is 5.56 Å². The van der Waals surface area contributed by atoms with Gasteiger partial charge in [0.15, 0.2) is 5.78 Å². The summed E-state index contributed by atoms with van der Waals surface area (Å²) in [5.41, 5.74) is 1.37. The summed E-state index contributed by atoms with van der Waals surface area (Å²) in [5, 5.41) is 0. The fourth-order valence-electron chi connectivity index (χ4n) is 1.79. The lowest BCUT2D eigenvalue weighted by atomic mass is 10.1. The third kappa shape index (κ3) is 3.15. The molecule has 0 N–H and O–H groups in total. The third-order valence-electron chi connectivity index (χ3n) is 2.79. The van der Waals surface area contributed by atoms with Crippen molar-refractivity contribution in [3.8, 4) is 0 Å². The standard InChI is InChI=1S/C15H13FO2S/c1-11-6-2-3-7-12(11)14(17)10-19(18)15-9-5-4-8-13(15)16/h2-9H,10H2,1H3. The van der Waals surface area contributed by atoms with Gasteiger partial charge in [-0.15, -0.1) is 0 Å². The van der Waals surface area contributed by atoms with Crippen molar-refractivity contribution >= 4 is 16.6 Å². The van der Waals surface area contributed by atoms with Crippen LogP contribution in [0.15, 0.2) is 53.4 Å². The van der Waals surface area contributed by atoms with E-state index in [2.05, 4.69) is 0 Å². The molecule has 2 aromatic rings. The van der Waals surface area contributed by atoms with Crippen LogP contribution in [0.25, 0.3) is 0 Å². The Balaban J connectivity index is 2.19. The van der Waals surface area contributed by atoms with Crippen LogP contribution in [0.4, 0.5) is 4.39 Å². The van der Waals surface area contributed by atoms with E-state index in [0.717, 1.165) is 5.56 Å². The third-order valence-corrected chi connectivity index (χ3v) is 4.14. The Morgan fingerprint density at radius 2 is 1.74 bits per heavy atom. The molecule has 0 spiro atoms. The summed E-state index contributed by atoms with van der Waals surface area (Å²) in [6, 6.07) is 12.9. The minimum Gasteiger partial charge on any atom is -0.293 e. The number of ketones is 1. The fourth-order valence-corrected chi connectivity index (χ4v) is 2.85. The van der Waals surface area contributed by atoms with Gasteiger partial charge in [-0.2, -0.15) is 0 Å². The minimum absolute atomic E-state index is 0.0736. The molecule has 2 nitrogen and oxygen atoms in total. The summed E-state index contributed by atoms with van der Waals surface area (Å²) in [6.07, 6.45) is 0. The zero-order chi connectivity index (χ0) is 13.8. The zero-order valence-corrected chi connectivity index (χ0v) is 11.2. The average molecular weight is 276 g/mol. The van der Waals surface area contributed by atoms with Crippen molar-refractivity contribution in [3.63, 3.8) is 0 Å². The average Bonchev–Trinajstić information content (AvgIpc) is 2.39. The summed E-state index contributed by atoms with van der Waals surface area (Å²) < 4.78 is 25.5. The van der Waals surface area contributed by atoms with Gasteiger partial charge in [0.05, 0.1) is 21.4 Å². The van der Waals surface area contributed by atoms with Crippen LogP contribution in [-0.2, 0) is 10.8 Å². The van der Waals surface area contributed by atoms with Crippen molar-refractivity contribution in [2.45, 2.75) is 11.8 Å². The van der Waals surface area contributed by atoms with E-state index < -0.39 is 16.6 Å². The van der Waals surface area contributed by atoms with Crippen LogP contribution in [0.5, 0.6) is 0 Å². The van der Waals surface area contributed by atoms with Crippen LogP contribution in [0.2, 0.25) is 0 Å². The monoisotopic (exact) mass is 276 g/mol. The first kappa shape index (κ1) is 13.6. The van der Waals surface area contributed by atoms with Crippen molar-refractivity contribution in [3.05, 3.63) is 65.5 Å². The van der Waals surface area contributed by atoms with Crippen LogP contribution < -0.4 is 0 Å². The van der Waals surface area contributed by atoms with Crippen LogP contribution in [0.3, 0.4) is 0 Å². The van der Waals surface area contributed by atoms with Crippen molar-refractivity contribution in [1.29, 1.82) is 0 Å². The summed E-state index contributed by atoms with van der Waals surface area (Å²) in [4.78, 5) is 12.1. The van der Waals surface area contributed by atoms with E-state index in [1.54, 1.807) is 18.2 Å². The first-order valence-corrected chi connectivity index (χ1v) is 7.13. The Hall–Kier alpha value is -1.81. The molecule has 2 rings (SSSR count). The second-order valence-electron chi connectivity index (χ2n) is 4.16. The van der Waals surface area contributed by atoms with Crippen LogP contribution in [0.1, 0.15) is 15.9 Å². The molecule has 1 atom stereocenters. The van der Waals surface area contributed by atoms with Crippen LogP contribution in [0, 0.1) is 12.7 Å². The number of aryl methyl sites for hydroxylation is 1. The van der Waals surface area contributed by atoms with Gasteiger partial charge in [-0.3, -0.25) is 9.00 Å². The lowest BCUT2D eigenvalue weighted by Gasteiger charge is -2.05. The topological polar surface area (TPSA) is 34.1 Å². The first-order chi connectivity index (χ1) is 9.09. The molecule has 0 bridgehead atoms. The highest BCUT2D eigenvalue weighted by Gasteiger charge is 2.16. The van der Waals surface area contributed by atoms with E-state index in [1.807, 2.05) is 19.1 Å². The number of benzene rings is 2.